The molecule has 4 aromatic rings. The highest BCUT2D eigenvalue weighted by molar-refractivity contribution is 7.11. The number of benzene rings is 3. The van der Waals surface area contributed by atoms with Crippen molar-refractivity contribution in [2.24, 2.45) is 0 Å². The second-order valence-electron chi connectivity index (χ2n) is 6.75. The lowest BCUT2D eigenvalue weighted by Gasteiger charge is -2.05. The first-order chi connectivity index (χ1) is 15.3. The zero-order chi connectivity index (χ0) is 21.5. The molecule has 4 rings (SSSR count). The van der Waals surface area contributed by atoms with Crippen LogP contribution in [0.2, 0.25) is 0 Å². The fourth-order valence-corrected chi connectivity index (χ4v) is 3.90. The van der Waals surface area contributed by atoms with Crippen LogP contribution in [0.1, 0.15) is 11.9 Å². The number of rotatable bonds is 7. The summed E-state index contributed by atoms with van der Waals surface area (Å²) in [6, 6.07) is 28.4. The van der Waals surface area contributed by atoms with Gasteiger partial charge in [0.05, 0.1) is 12.3 Å². The Morgan fingerprint density at radius 3 is 2.32 bits per heavy atom. The van der Waals surface area contributed by atoms with Crippen LogP contribution >= 0.6 is 11.3 Å². The molecule has 0 radical (unpaired) electrons. The molecule has 0 fully saturated rings. The second kappa shape index (κ2) is 9.75. The van der Waals surface area contributed by atoms with Crippen LogP contribution in [0.5, 0.6) is 5.75 Å². The van der Waals surface area contributed by atoms with E-state index in [1.165, 1.54) is 16.9 Å². The van der Waals surface area contributed by atoms with Crippen molar-refractivity contribution in [3.63, 3.8) is 0 Å². The summed E-state index contributed by atoms with van der Waals surface area (Å²) < 4.78 is 5.45. The van der Waals surface area contributed by atoms with E-state index in [4.69, 9.17) is 4.74 Å². The van der Waals surface area contributed by atoms with Crippen molar-refractivity contribution in [2.45, 2.75) is 6.92 Å². The zero-order valence-electron chi connectivity index (χ0n) is 17.1. The Hall–Kier alpha value is -3.88. The maximum absolute atomic E-state index is 9.60. The van der Waals surface area contributed by atoms with Gasteiger partial charge in [-0.15, -0.1) is 11.3 Å². The van der Waals surface area contributed by atoms with E-state index >= 15 is 0 Å². The Morgan fingerprint density at radius 2 is 1.65 bits per heavy atom. The molecule has 31 heavy (non-hydrogen) atoms. The number of thiazole rings is 1. The molecule has 0 bridgehead atoms. The van der Waals surface area contributed by atoms with E-state index in [9.17, 15) is 5.26 Å². The standard InChI is InChI=1S/C26H21N3OS/c1-2-30-24-14-12-23(13-15-24)28-17-22(16-27)26-29-25(18-31-26)21-10-8-20(9-11-21)19-6-4-3-5-7-19/h3-15,17-18,28H,2H2,1H3. The highest BCUT2D eigenvalue weighted by Gasteiger charge is 2.09. The minimum Gasteiger partial charge on any atom is -0.494 e. The van der Waals surface area contributed by atoms with Gasteiger partial charge >= 0.3 is 0 Å². The molecule has 0 saturated heterocycles. The lowest BCUT2D eigenvalue weighted by Crippen LogP contribution is -1.93. The largest absolute Gasteiger partial charge is 0.494 e. The Balaban J connectivity index is 1.48. The topological polar surface area (TPSA) is 57.9 Å². The third-order valence-corrected chi connectivity index (χ3v) is 5.57. The number of hydrogen-bond donors (Lipinski definition) is 1. The fraction of sp³-hybridized carbons (Fsp3) is 0.0769. The predicted molar refractivity (Wildman–Crippen MR) is 128 cm³/mol. The summed E-state index contributed by atoms with van der Waals surface area (Å²) in [5.74, 6) is 0.820. The average molecular weight is 424 g/mol. The molecule has 1 N–H and O–H groups in total. The van der Waals surface area contributed by atoms with E-state index < -0.39 is 0 Å². The Labute approximate surface area is 186 Å². The first-order valence-corrected chi connectivity index (χ1v) is 10.9. The van der Waals surface area contributed by atoms with Crippen molar-refractivity contribution in [3.8, 4) is 34.2 Å². The molecule has 0 atom stereocenters. The first-order valence-electron chi connectivity index (χ1n) is 9.98. The summed E-state index contributed by atoms with van der Waals surface area (Å²) in [7, 11) is 0. The average Bonchev–Trinajstić information content (AvgIpc) is 3.32. The summed E-state index contributed by atoms with van der Waals surface area (Å²) in [5, 5.41) is 15.4. The number of allylic oxidation sites excluding steroid dienone is 1. The SMILES string of the molecule is CCOc1ccc(NC=C(C#N)c2nc(-c3ccc(-c4ccccc4)cc3)cs2)cc1. The van der Waals surface area contributed by atoms with Crippen LogP contribution in [-0.2, 0) is 0 Å². The van der Waals surface area contributed by atoms with Gasteiger partial charge in [-0.05, 0) is 42.3 Å². The van der Waals surface area contributed by atoms with Gasteiger partial charge in [-0.3, -0.25) is 0 Å². The second-order valence-corrected chi connectivity index (χ2v) is 7.61. The van der Waals surface area contributed by atoms with Crippen LogP contribution < -0.4 is 10.1 Å². The van der Waals surface area contributed by atoms with Gasteiger partial charge in [0.1, 0.15) is 22.4 Å². The maximum atomic E-state index is 9.60. The van der Waals surface area contributed by atoms with Crippen LogP contribution in [0, 0.1) is 11.3 Å². The molecule has 3 aromatic carbocycles. The van der Waals surface area contributed by atoms with Crippen LogP contribution in [-0.4, -0.2) is 11.6 Å². The maximum Gasteiger partial charge on any atom is 0.136 e. The third kappa shape index (κ3) is 5.00. The van der Waals surface area contributed by atoms with Crippen LogP contribution in [0.25, 0.3) is 28.0 Å². The highest BCUT2D eigenvalue weighted by atomic mass is 32.1. The van der Waals surface area contributed by atoms with Gasteiger partial charge in [0.2, 0.25) is 0 Å². The van der Waals surface area contributed by atoms with Crippen molar-refractivity contribution in [1.82, 2.24) is 4.98 Å². The molecular weight excluding hydrogens is 402 g/mol. The number of anilines is 1. The van der Waals surface area contributed by atoms with E-state index in [1.54, 1.807) is 6.20 Å². The Kier molecular flexibility index (Phi) is 6.41. The lowest BCUT2D eigenvalue weighted by atomic mass is 10.0. The molecule has 1 aromatic heterocycles. The van der Waals surface area contributed by atoms with E-state index in [0.717, 1.165) is 28.3 Å². The molecule has 152 valence electrons. The smallest absolute Gasteiger partial charge is 0.136 e. The summed E-state index contributed by atoms with van der Waals surface area (Å²) >= 11 is 1.46. The van der Waals surface area contributed by atoms with Crippen molar-refractivity contribution >= 4 is 22.6 Å². The van der Waals surface area contributed by atoms with Crippen molar-refractivity contribution in [3.05, 3.63) is 95.5 Å². The molecule has 0 aliphatic rings. The molecule has 4 nitrogen and oxygen atoms in total. The molecule has 1 heterocycles. The molecule has 0 aliphatic carbocycles. The minimum atomic E-state index is 0.492. The van der Waals surface area contributed by atoms with Crippen LogP contribution in [0.4, 0.5) is 5.69 Å². The molecule has 5 heteroatoms. The Bertz CT molecular complexity index is 1200. The van der Waals surface area contributed by atoms with Gasteiger partial charge in [0.15, 0.2) is 0 Å². The summed E-state index contributed by atoms with van der Waals surface area (Å²) in [4.78, 5) is 4.67. The van der Waals surface area contributed by atoms with Crippen LogP contribution in [0.3, 0.4) is 0 Å². The molecule has 0 aliphatic heterocycles. The minimum absolute atomic E-state index is 0.492. The lowest BCUT2D eigenvalue weighted by molar-refractivity contribution is 0.340. The van der Waals surface area contributed by atoms with Gasteiger partial charge < -0.3 is 10.1 Å². The monoisotopic (exact) mass is 423 g/mol. The van der Waals surface area contributed by atoms with E-state index in [0.29, 0.717) is 17.2 Å². The number of aromatic nitrogens is 1. The zero-order valence-corrected chi connectivity index (χ0v) is 17.9. The fourth-order valence-electron chi connectivity index (χ4n) is 3.11. The molecule has 0 spiro atoms. The van der Waals surface area contributed by atoms with Crippen LogP contribution in [0.15, 0.2) is 90.4 Å². The predicted octanol–water partition coefficient (Wildman–Crippen LogP) is 6.85. The van der Waals surface area contributed by atoms with Crippen molar-refractivity contribution < 1.29 is 4.74 Å². The Morgan fingerprint density at radius 1 is 0.968 bits per heavy atom. The normalized spacial score (nSPS) is 11.0. The van der Waals surface area contributed by atoms with Gasteiger partial charge in [-0.2, -0.15) is 5.26 Å². The molecule has 0 unspecified atom stereocenters. The van der Waals surface area contributed by atoms with E-state index in [1.807, 2.05) is 54.8 Å². The van der Waals surface area contributed by atoms with Gasteiger partial charge in [0.25, 0.3) is 0 Å². The molecule has 0 saturated carbocycles. The number of hydrogen-bond acceptors (Lipinski definition) is 5. The number of nitrogens with one attached hydrogen (secondary N) is 1. The van der Waals surface area contributed by atoms with Gasteiger partial charge in [-0.1, -0.05) is 54.6 Å². The summed E-state index contributed by atoms with van der Waals surface area (Å²) in [6.45, 7) is 2.58. The van der Waals surface area contributed by atoms with Gasteiger partial charge in [-0.25, -0.2) is 4.98 Å². The van der Waals surface area contributed by atoms with Crippen molar-refractivity contribution in [1.29, 1.82) is 5.26 Å². The van der Waals surface area contributed by atoms with E-state index in [-0.39, 0.29) is 0 Å². The number of nitrogens with zero attached hydrogens (tertiary/aromatic N) is 2. The number of ether oxygens (including phenoxy) is 1. The van der Waals surface area contributed by atoms with E-state index in [2.05, 4.69) is 52.8 Å². The molecular formula is C26H21N3OS. The summed E-state index contributed by atoms with van der Waals surface area (Å²) in [5.41, 5.74) is 5.61. The first kappa shape index (κ1) is 20.4. The highest BCUT2D eigenvalue weighted by Crippen LogP contribution is 2.28. The van der Waals surface area contributed by atoms with Gasteiger partial charge in [0, 0.05) is 22.8 Å². The molecule has 0 amide bonds. The summed E-state index contributed by atoms with van der Waals surface area (Å²) in [6.07, 6.45) is 1.69. The quantitative estimate of drug-likeness (QED) is 0.330. The van der Waals surface area contributed by atoms with Crippen molar-refractivity contribution in [2.75, 3.05) is 11.9 Å². The number of nitriles is 1. The third-order valence-electron chi connectivity index (χ3n) is 4.69.